The lowest BCUT2D eigenvalue weighted by Gasteiger charge is -2.33. The molecule has 1 aromatic heterocycles. The molecule has 0 bridgehead atoms. The lowest BCUT2D eigenvalue weighted by molar-refractivity contribution is -0.127. The number of nitrogens with one attached hydrogen (secondary N) is 1. The molecule has 2 aromatic rings. The second-order valence-corrected chi connectivity index (χ2v) is 9.31. The summed E-state index contributed by atoms with van der Waals surface area (Å²) in [5, 5.41) is 8.63. The largest absolute Gasteiger partial charge is 0.349 e. The van der Waals surface area contributed by atoms with Crippen LogP contribution in [0.15, 0.2) is 29.6 Å². The highest BCUT2D eigenvalue weighted by Gasteiger charge is 2.43. The van der Waals surface area contributed by atoms with Gasteiger partial charge in [-0.1, -0.05) is 42.6 Å². The van der Waals surface area contributed by atoms with Gasteiger partial charge in [0.05, 0.1) is 0 Å². The van der Waals surface area contributed by atoms with Crippen LogP contribution in [0.3, 0.4) is 0 Å². The molecular weight excluding hydrogens is 372 g/mol. The van der Waals surface area contributed by atoms with Crippen LogP contribution >= 0.6 is 11.5 Å². The molecule has 2 amide bonds. The second kappa shape index (κ2) is 7.99. The maximum Gasteiger partial charge on any atom is 0.276 e. The highest BCUT2D eigenvalue weighted by molar-refractivity contribution is 7.03. The van der Waals surface area contributed by atoms with Gasteiger partial charge in [-0.25, -0.2) is 0 Å². The number of benzene rings is 1. The summed E-state index contributed by atoms with van der Waals surface area (Å²) in [5.74, 6) is -0.00960. The summed E-state index contributed by atoms with van der Waals surface area (Å²) in [4.78, 5) is 28.2. The number of carbonyl (C=O) groups is 2. The van der Waals surface area contributed by atoms with Crippen LogP contribution in [0.5, 0.6) is 0 Å². The van der Waals surface area contributed by atoms with E-state index in [1.54, 1.807) is 10.3 Å². The summed E-state index contributed by atoms with van der Waals surface area (Å²) in [5.41, 5.74) is 1.92. The van der Waals surface area contributed by atoms with Crippen molar-refractivity contribution in [3.05, 3.63) is 46.5 Å². The molecule has 1 atom stereocenters. The van der Waals surface area contributed by atoms with Crippen LogP contribution in [0.2, 0.25) is 0 Å². The normalized spacial score (nSPS) is 15.4. The van der Waals surface area contributed by atoms with Crippen LogP contribution < -0.4 is 5.32 Å². The van der Waals surface area contributed by atoms with E-state index >= 15 is 0 Å². The molecule has 0 spiro atoms. The van der Waals surface area contributed by atoms with Crippen molar-refractivity contribution in [3.8, 4) is 0 Å². The van der Waals surface area contributed by atoms with Crippen molar-refractivity contribution in [2.75, 3.05) is 0 Å². The second-order valence-electron chi connectivity index (χ2n) is 8.70. The first-order chi connectivity index (χ1) is 13.2. The van der Waals surface area contributed by atoms with Gasteiger partial charge < -0.3 is 10.2 Å². The highest BCUT2D eigenvalue weighted by Crippen LogP contribution is 2.36. The molecule has 1 aromatic carbocycles. The van der Waals surface area contributed by atoms with Gasteiger partial charge in [0.25, 0.3) is 5.91 Å². The Morgan fingerprint density at radius 2 is 1.75 bits per heavy atom. The van der Waals surface area contributed by atoms with Gasteiger partial charge in [0.15, 0.2) is 5.69 Å². The molecule has 1 aliphatic carbocycles. The molecule has 1 saturated carbocycles. The number of carbonyl (C=O) groups excluding carboxylic acids is 2. The van der Waals surface area contributed by atoms with Crippen LogP contribution in [0, 0.1) is 0 Å². The molecule has 0 saturated heterocycles. The summed E-state index contributed by atoms with van der Waals surface area (Å²) in [6.07, 6.45) is 1.79. The molecule has 7 heteroatoms. The van der Waals surface area contributed by atoms with E-state index in [0.29, 0.717) is 11.6 Å². The lowest BCUT2D eigenvalue weighted by Crippen LogP contribution is -2.50. The van der Waals surface area contributed by atoms with Gasteiger partial charge in [0, 0.05) is 17.0 Å². The fourth-order valence-corrected chi connectivity index (χ4v) is 3.61. The Labute approximate surface area is 170 Å². The molecule has 0 aliphatic heterocycles. The van der Waals surface area contributed by atoms with E-state index in [4.69, 9.17) is 0 Å². The van der Waals surface area contributed by atoms with Crippen LogP contribution in [0.4, 0.5) is 0 Å². The topological polar surface area (TPSA) is 75.2 Å². The van der Waals surface area contributed by atoms with Gasteiger partial charge in [-0.15, -0.1) is 5.10 Å². The number of amides is 2. The first kappa shape index (κ1) is 20.5. The first-order valence-corrected chi connectivity index (χ1v) is 10.5. The van der Waals surface area contributed by atoms with Gasteiger partial charge in [-0.05, 0) is 62.2 Å². The molecule has 1 aliphatic rings. The fraction of sp³-hybridized carbons (Fsp3) is 0.524. The van der Waals surface area contributed by atoms with Crippen LogP contribution in [0.25, 0.3) is 0 Å². The van der Waals surface area contributed by atoms with Crippen molar-refractivity contribution in [2.45, 2.75) is 71.0 Å². The fourth-order valence-electron chi connectivity index (χ4n) is 3.18. The van der Waals surface area contributed by atoms with E-state index in [1.807, 2.05) is 45.0 Å². The van der Waals surface area contributed by atoms with E-state index < -0.39 is 11.6 Å². The Morgan fingerprint density at radius 3 is 2.21 bits per heavy atom. The van der Waals surface area contributed by atoms with Crippen LogP contribution in [-0.4, -0.2) is 37.9 Å². The minimum absolute atomic E-state index is 0.0506. The van der Waals surface area contributed by atoms with Gasteiger partial charge in [0.2, 0.25) is 5.91 Å². The molecule has 1 N–H and O–H groups in total. The van der Waals surface area contributed by atoms with Crippen molar-refractivity contribution >= 4 is 23.3 Å². The molecule has 3 rings (SSSR count). The molecule has 1 unspecified atom stereocenters. The quantitative estimate of drug-likeness (QED) is 0.797. The van der Waals surface area contributed by atoms with E-state index in [9.17, 15) is 9.59 Å². The summed E-state index contributed by atoms with van der Waals surface area (Å²) < 4.78 is 3.82. The van der Waals surface area contributed by atoms with E-state index in [1.165, 1.54) is 5.56 Å². The third-order valence-corrected chi connectivity index (χ3v) is 5.20. The number of hydrogen-bond donors (Lipinski definition) is 1. The molecule has 150 valence electrons. The first-order valence-electron chi connectivity index (χ1n) is 9.69. The molecular formula is C21H28N4O2S. The van der Waals surface area contributed by atoms with E-state index in [-0.39, 0.29) is 17.9 Å². The minimum Gasteiger partial charge on any atom is -0.349 e. The monoisotopic (exact) mass is 400 g/mol. The summed E-state index contributed by atoms with van der Waals surface area (Å²) in [6, 6.07) is 7.36. The maximum absolute atomic E-state index is 13.3. The SMILES string of the molecule is CC(C)c1ccc(C(C(=O)NC(C)(C)C)N(C(=O)c2csnn2)C2CC2)cc1. The zero-order valence-corrected chi connectivity index (χ0v) is 17.9. The molecule has 1 heterocycles. The summed E-state index contributed by atoms with van der Waals surface area (Å²) in [6.45, 7) is 10.1. The van der Waals surface area contributed by atoms with Gasteiger partial charge in [-0.2, -0.15) is 0 Å². The average molecular weight is 401 g/mol. The van der Waals surface area contributed by atoms with Crippen molar-refractivity contribution in [1.82, 2.24) is 19.8 Å². The zero-order chi connectivity index (χ0) is 20.5. The van der Waals surface area contributed by atoms with E-state index in [2.05, 4.69) is 28.8 Å². The maximum atomic E-state index is 13.3. The van der Waals surface area contributed by atoms with Gasteiger partial charge >= 0.3 is 0 Å². The van der Waals surface area contributed by atoms with Gasteiger partial charge in [-0.3, -0.25) is 9.59 Å². The highest BCUT2D eigenvalue weighted by atomic mass is 32.1. The Hall–Kier alpha value is -2.28. The van der Waals surface area contributed by atoms with Gasteiger partial charge in [0.1, 0.15) is 6.04 Å². The number of nitrogens with zero attached hydrogens (tertiary/aromatic N) is 3. The van der Waals surface area contributed by atoms with Crippen molar-refractivity contribution in [3.63, 3.8) is 0 Å². The number of rotatable bonds is 6. The number of aromatic nitrogens is 2. The average Bonchev–Trinajstić information content (AvgIpc) is 3.29. The van der Waals surface area contributed by atoms with Crippen LogP contribution in [-0.2, 0) is 4.79 Å². The Kier molecular flexibility index (Phi) is 5.84. The van der Waals surface area contributed by atoms with Crippen molar-refractivity contribution in [1.29, 1.82) is 0 Å². The standard InChI is InChI=1S/C21H28N4O2S/c1-13(2)14-6-8-15(9-7-14)18(19(26)22-21(3,4)5)25(16-10-11-16)20(27)17-12-28-24-23-17/h6-9,12-13,16,18H,10-11H2,1-5H3,(H,22,26). The number of hydrogen-bond acceptors (Lipinski definition) is 5. The zero-order valence-electron chi connectivity index (χ0n) is 17.1. The van der Waals surface area contributed by atoms with Crippen LogP contribution in [0.1, 0.15) is 81.0 Å². The summed E-state index contributed by atoms with van der Waals surface area (Å²) >= 11 is 1.14. The predicted molar refractivity (Wildman–Crippen MR) is 110 cm³/mol. The lowest BCUT2D eigenvalue weighted by atomic mass is 9.96. The minimum atomic E-state index is -0.692. The van der Waals surface area contributed by atoms with Crippen molar-refractivity contribution < 1.29 is 9.59 Å². The van der Waals surface area contributed by atoms with Crippen molar-refractivity contribution in [2.24, 2.45) is 0 Å². The Bertz CT molecular complexity index is 821. The predicted octanol–water partition coefficient (Wildman–Crippen LogP) is 3.92. The third-order valence-electron chi connectivity index (χ3n) is 4.70. The Morgan fingerprint density at radius 1 is 1.14 bits per heavy atom. The smallest absolute Gasteiger partial charge is 0.276 e. The molecule has 28 heavy (non-hydrogen) atoms. The summed E-state index contributed by atoms with van der Waals surface area (Å²) in [7, 11) is 0. The molecule has 6 nitrogen and oxygen atoms in total. The Balaban J connectivity index is 2.00. The third kappa shape index (κ3) is 4.76. The molecule has 1 fully saturated rings. The van der Waals surface area contributed by atoms with E-state index in [0.717, 1.165) is 29.9 Å². The molecule has 0 radical (unpaired) electrons.